The molecule has 3 fully saturated rings. The number of likely N-dealkylation sites (N-methyl/N-ethyl adjacent to an activating group) is 2. The van der Waals surface area contributed by atoms with Crippen LogP contribution in [0.5, 0.6) is 0 Å². The first-order valence-corrected chi connectivity index (χ1v) is 9.51. The van der Waals surface area contributed by atoms with Crippen molar-refractivity contribution < 1.29 is 14.3 Å². The molecular weight excluding hydrogens is 320 g/mol. The van der Waals surface area contributed by atoms with Crippen molar-refractivity contribution >= 4 is 11.8 Å². The molecule has 142 valence electrons. The van der Waals surface area contributed by atoms with Gasteiger partial charge in [0.1, 0.15) is 6.04 Å². The molecule has 2 amide bonds. The number of likely N-dealkylation sites (tertiary alicyclic amines) is 2. The first kappa shape index (κ1) is 18.6. The summed E-state index contributed by atoms with van der Waals surface area (Å²) in [7, 11) is 5.82. The fourth-order valence-electron chi connectivity index (χ4n) is 4.73. The first-order valence-electron chi connectivity index (χ1n) is 9.51. The molecule has 0 spiro atoms. The topological polar surface area (TPSA) is 65.1 Å². The third kappa shape index (κ3) is 3.83. The minimum atomic E-state index is -0.0598. The van der Waals surface area contributed by atoms with Crippen molar-refractivity contribution in [2.45, 2.75) is 56.3 Å². The van der Waals surface area contributed by atoms with Gasteiger partial charge in [0.05, 0.1) is 12.6 Å². The molecule has 7 heteroatoms. The van der Waals surface area contributed by atoms with E-state index < -0.39 is 0 Å². The molecule has 25 heavy (non-hydrogen) atoms. The van der Waals surface area contributed by atoms with Gasteiger partial charge in [0.25, 0.3) is 0 Å². The number of carbonyl (C=O) groups is 2. The third-order valence-electron chi connectivity index (χ3n) is 6.24. The maximum atomic E-state index is 12.7. The summed E-state index contributed by atoms with van der Waals surface area (Å²) in [4.78, 5) is 31.5. The van der Waals surface area contributed by atoms with Crippen LogP contribution in [0.3, 0.4) is 0 Å². The summed E-state index contributed by atoms with van der Waals surface area (Å²) in [6, 6.07) is 0.644. The van der Waals surface area contributed by atoms with E-state index in [2.05, 4.69) is 22.2 Å². The van der Waals surface area contributed by atoms with Gasteiger partial charge in [0.15, 0.2) is 0 Å². The molecular formula is C18H32N4O3. The highest BCUT2D eigenvalue weighted by Crippen LogP contribution is 2.26. The van der Waals surface area contributed by atoms with Gasteiger partial charge >= 0.3 is 0 Å². The molecule has 3 rings (SSSR count). The number of rotatable bonds is 5. The lowest BCUT2D eigenvalue weighted by Gasteiger charge is -2.33. The van der Waals surface area contributed by atoms with Crippen LogP contribution in [-0.2, 0) is 14.3 Å². The fourth-order valence-corrected chi connectivity index (χ4v) is 4.73. The van der Waals surface area contributed by atoms with Gasteiger partial charge in [-0.05, 0) is 39.8 Å². The van der Waals surface area contributed by atoms with Gasteiger partial charge in [-0.3, -0.25) is 19.4 Å². The second-order valence-electron chi connectivity index (χ2n) is 7.72. The second kappa shape index (κ2) is 8.01. The Balaban J connectivity index is 1.57. The van der Waals surface area contributed by atoms with Gasteiger partial charge in [0.2, 0.25) is 11.8 Å². The van der Waals surface area contributed by atoms with Crippen LogP contribution in [0, 0.1) is 0 Å². The quantitative estimate of drug-likeness (QED) is 0.749. The summed E-state index contributed by atoms with van der Waals surface area (Å²) in [5, 5.41) is 3.08. The van der Waals surface area contributed by atoms with E-state index in [0.29, 0.717) is 19.6 Å². The Morgan fingerprint density at radius 3 is 2.80 bits per heavy atom. The number of methoxy groups -OCH3 is 1. The summed E-state index contributed by atoms with van der Waals surface area (Å²) >= 11 is 0. The Morgan fingerprint density at radius 1 is 1.24 bits per heavy atom. The molecule has 0 aromatic carbocycles. The van der Waals surface area contributed by atoms with Crippen LogP contribution >= 0.6 is 0 Å². The van der Waals surface area contributed by atoms with Crippen LogP contribution < -0.4 is 5.32 Å². The zero-order chi connectivity index (χ0) is 18.0. The maximum Gasteiger partial charge on any atom is 0.239 e. The Morgan fingerprint density at radius 2 is 2.04 bits per heavy atom. The van der Waals surface area contributed by atoms with Gasteiger partial charge in [0, 0.05) is 45.2 Å². The molecule has 0 aromatic rings. The van der Waals surface area contributed by atoms with Crippen molar-refractivity contribution in [1.82, 2.24) is 20.0 Å². The molecule has 4 unspecified atom stereocenters. The highest BCUT2D eigenvalue weighted by Gasteiger charge is 2.43. The van der Waals surface area contributed by atoms with Gasteiger partial charge in [-0.1, -0.05) is 0 Å². The summed E-state index contributed by atoms with van der Waals surface area (Å²) in [6.45, 7) is 3.05. The zero-order valence-corrected chi connectivity index (χ0v) is 15.7. The molecule has 0 aliphatic carbocycles. The van der Waals surface area contributed by atoms with Crippen molar-refractivity contribution in [2.24, 2.45) is 0 Å². The van der Waals surface area contributed by atoms with Crippen LogP contribution in [0.2, 0.25) is 0 Å². The van der Waals surface area contributed by atoms with Crippen molar-refractivity contribution in [1.29, 1.82) is 0 Å². The molecule has 3 aliphatic rings. The predicted octanol–water partition coefficient (Wildman–Crippen LogP) is -0.0931. The monoisotopic (exact) mass is 352 g/mol. The summed E-state index contributed by atoms with van der Waals surface area (Å²) < 4.78 is 5.25. The number of ether oxygens (including phenoxy) is 1. The smallest absolute Gasteiger partial charge is 0.239 e. The minimum Gasteiger partial charge on any atom is -0.383 e. The van der Waals surface area contributed by atoms with Crippen molar-refractivity contribution in [3.05, 3.63) is 0 Å². The van der Waals surface area contributed by atoms with Crippen LogP contribution in [-0.4, -0.2) is 98.1 Å². The van der Waals surface area contributed by atoms with Gasteiger partial charge in [-0.2, -0.15) is 0 Å². The number of fused-ring (bicyclic) bond motifs is 1. The van der Waals surface area contributed by atoms with E-state index in [4.69, 9.17) is 4.74 Å². The molecule has 0 radical (unpaired) electrons. The summed E-state index contributed by atoms with van der Waals surface area (Å²) in [5.41, 5.74) is 0. The summed E-state index contributed by atoms with van der Waals surface area (Å²) in [5.74, 6) is 0.356. The molecule has 0 saturated carbocycles. The largest absolute Gasteiger partial charge is 0.383 e. The average molecular weight is 352 g/mol. The second-order valence-corrected chi connectivity index (χ2v) is 7.72. The van der Waals surface area contributed by atoms with Gasteiger partial charge in [-0.25, -0.2) is 0 Å². The lowest BCUT2D eigenvalue weighted by Crippen LogP contribution is -2.48. The van der Waals surface area contributed by atoms with Crippen LogP contribution in [0.25, 0.3) is 0 Å². The molecule has 1 N–H and O–H groups in total. The van der Waals surface area contributed by atoms with E-state index >= 15 is 0 Å². The Kier molecular flexibility index (Phi) is 5.96. The van der Waals surface area contributed by atoms with Gasteiger partial charge < -0.3 is 15.0 Å². The van der Waals surface area contributed by atoms with E-state index in [1.807, 2.05) is 11.9 Å². The lowest BCUT2D eigenvalue weighted by molar-refractivity contribution is -0.133. The summed E-state index contributed by atoms with van der Waals surface area (Å²) in [6.07, 6.45) is 4.44. The van der Waals surface area contributed by atoms with Crippen molar-refractivity contribution in [2.75, 3.05) is 47.4 Å². The Bertz CT molecular complexity index is 501. The van der Waals surface area contributed by atoms with Gasteiger partial charge in [-0.15, -0.1) is 0 Å². The molecule has 3 saturated heterocycles. The molecule has 3 heterocycles. The van der Waals surface area contributed by atoms with E-state index in [1.165, 1.54) is 0 Å². The fraction of sp³-hybridized carbons (Fsp3) is 0.889. The van der Waals surface area contributed by atoms with Crippen molar-refractivity contribution in [3.63, 3.8) is 0 Å². The molecule has 4 atom stereocenters. The highest BCUT2D eigenvalue weighted by molar-refractivity contribution is 5.83. The average Bonchev–Trinajstić information content (AvgIpc) is 3.18. The highest BCUT2D eigenvalue weighted by atomic mass is 16.5. The number of nitrogens with zero attached hydrogens (tertiary/aromatic N) is 3. The molecule has 0 aromatic heterocycles. The van der Waals surface area contributed by atoms with E-state index in [1.54, 1.807) is 7.11 Å². The van der Waals surface area contributed by atoms with Crippen LogP contribution in [0.1, 0.15) is 32.1 Å². The SMILES string of the molecule is COCC1CCCN1C(=O)CCC1CNC(=O)C2C(CCN2C)N1C. The Labute approximate surface area is 150 Å². The first-order chi connectivity index (χ1) is 12.0. The Hall–Kier alpha value is -1.18. The minimum absolute atomic E-state index is 0.0598. The third-order valence-corrected chi connectivity index (χ3v) is 6.24. The molecule has 0 bridgehead atoms. The maximum absolute atomic E-state index is 12.7. The van der Waals surface area contributed by atoms with Crippen molar-refractivity contribution in [3.8, 4) is 0 Å². The van der Waals surface area contributed by atoms with Crippen LogP contribution in [0.15, 0.2) is 0 Å². The number of amides is 2. The number of hydrogen-bond donors (Lipinski definition) is 1. The standard InChI is InChI=1S/C18H32N4O3/c1-20-10-8-15-17(20)18(24)19-11-13(21(15)2)6-7-16(23)22-9-4-5-14(22)12-25-3/h13-15,17H,4-12H2,1-3H3,(H,19,24). The lowest BCUT2D eigenvalue weighted by atomic mass is 10.0. The normalized spacial score (nSPS) is 34.0. The molecule has 7 nitrogen and oxygen atoms in total. The van der Waals surface area contributed by atoms with Crippen LogP contribution in [0.4, 0.5) is 0 Å². The van der Waals surface area contributed by atoms with E-state index in [0.717, 1.165) is 38.8 Å². The number of nitrogens with one attached hydrogen (secondary N) is 1. The number of carbonyl (C=O) groups excluding carboxylic acids is 2. The van der Waals surface area contributed by atoms with E-state index in [-0.39, 0.29) is 36.0 Å². The predicted molar refractivity (Wildman–Crippen MR) is 95.2 cm³/mol. The zero-order valence-electron chi connectivity index (χ0n) is 15.7. The van der Waals surface area contributed by atoms with E-state index in [9.17, 15) is 9.59 Å². The number of hydrogen-bond acceptors (Lipinski definition) is 5. The molecule has 3 aliphatic heterocycles.